The average molecular weight is 387 g/mol. The summed E-state index contributed by atoms with van der Waals surface area (Å²) in [5.74, 6) is -0.0980. The molecule has 8 heteroatoms. The monoisotopic (exact) mass is 387 g/mol. The van der Waals surface area contributed by atoms with Gasteiger partial charge >= 0.3 is 0 Å². The molecule has 6 nitrogen and oxygen atoms in total. The summed E-state index contributed by atoms with van der Waals surface area (Å²) in [6, 6.07) is 9.96. The lowest BCUT2D eigenvalue weighted by atomic mass is 10.2. The van der Waals surface area contributed by atoms with E-state index in [1.54, 1.807) is 24.3 Å². The molecule has 0 unspecified atom stereocenters. The Hall–Kier alpha value is -3.29. The summed E-state index contributed by atoms with van der Waals surface area (Å²) in [5, 5.41) is 6.46. The maximum atomic E-state index is 13.1. The molecule has 146 valence electrons. The molecule has 1 aromatic heterocycles. The van der Waals surface area contributed by atoms with E-state index in [0.29, 0.717) is 23.0 Å². The van der Waals surface area contributed by atoms with Crippen molar-refractivity contribution in [2.75, 3.05) is 6.61 Å². The Balaban J connectivity index is 1.50. The molecule has 1 heterocycles. The van der Waals surface area contributed by atoms with Gasteiger partial charge in [-0.1, -0.05) is 19.0 Å². The van der Waals surface area contributed by atoms with Crippen LogP contribution in [0.15, 0.2) is 47.0 Å². The fraction of sp³-hybridized carbons (Fsp3) is 0.250. The predicted octanol–water partition coefficient (Wildman–Crippen LogP) is 3.83. The topological polar surface area (TPSA) is 77.2 Å². The third-order valence-corrected chi connectivity index (χ3v) is 3.84. The van der Waals surface area contributed by atoms with Gasteiger partial charge in [0.15, 0.2) is 12.4 Å². The lowest BCUT2D eigenvalue weighted by molar-refractivity contribution is -0.123. The van der Waals surface area contributed by atoms with Crippen molar-refractivity contribution in [2.24, 2.45) is 0 Å². The van der Waals surface area contributed by atoms with Crippen LogP contribution >= 0.6 is 0 Å². The van der Waals surface area contributed by atoms with Crippen LogP contribution < -0.4 is 10.1 Å². The van der Waals surface area contributed by atoms with Crippen LogP contribution in [0.25, 0.3) is 11.5 Å². The molecule has 0 saturated heterocycles. The zero-order valence-electron chi connectivity index (χ0n) is 15.4. The third kappa shape index (κ3) is 5.12. The van der Waals surface area contributed by atoms with Crippen LogP contribution in [0.3, 0.4) is 0 Å². The van der Waals surface area contributed by atoms with E-state index < -0.39 is 17.5 Å². The van der Waals surface area contributed by atoms with Crippen molar-refractivity contribution < 1.29 is 22.8 Å². The second-order valence-electron chi connectivity index (χ2n) is 6.48. The first kappa shape index (κ1) is 19.5. The highest BCUT2D eigenvalue weighted by Crippen LogP contribution is 2.22. The number of carbonyl (C=O) groups is 1. The van der Waals surface area contributed by atoms with Gasteiger partial charge in [0.05, 0.1) is 0 Å². The number of hydrogen-bond donors (Lipinski definition) is 1. The molecule has 0 radical (unpaired) electrons. The van der Waals surface area contributed by atoms with E-state index in [-0.39, 0.29) is 19.1 Å². The molecule has 0 saturated carbocycles. The van der Waals surface area contributed by atoms with Gasteiger partial charge in [0.25, 0.3) is 11.8 Å². The van der Waals surface area contributed by atoms with Crippen molar-refractivity contribution in [3.63, 3.8) is 0 Å². The first-order chi connectivity index (χ1) is 13.4. The van der Waals surface area contributed by atoms with Gasteiger partial charge < -0.3 is 14.6 Å². The van der Waals surface area contributed by atoms with Crippen molar-refractivity contribution in [1.29, 1.82) is 0 Å². The number of rotatable bonds is 7. The number of hydrogen-bond acceptors (Lipinski definition) is 5. The van der Waals surface area contributed by atoms with E-state index in [2.05, 4.69) is 15.5 Å². The molecule has 0 aliphatic heterocycles. The minimum Gasteiger partial charge on any atom is -0.484 e. The molecular formula is C20H19F2N3O3. The molecule has 3 aromatic rings. The lowest BCUT2D eigenvalue weighted by Gasteiger charge is -2.08. The van der Waals surface area contributed by atoms with Gasteiger partial charge in [0.1, 0.15) is 17.4 Å². The number of halogens is 2. The number of amides is 1. The van der Waals surface area contributed by atoms with Crippen LogP contribution in [-0.4, -0.2) is 22.7 Å². The van der Waals surface area contributed by atoms with Gasteiger partial charge in [-0.2, -0.15) is 4.98 Å². The summed E-state index contributed by atoms with van der Waals surface area (Å²) in [4.78, 5) is 16.2. The molecule has 0 bridgehead atoms. The Morgan fingerprint density at radius 3 is 2.43 bits per heavy atom. The molecule has 0 fully saturated rings. The summed E-state index contributed by atoms with van der Waals surface area (Å²) in [5.41, 5.74) is 1.07. The van der Waals surface area contributed by atoms with Crippen molar-refractivity contribution >= 4 is 5.91 Å². The van der Waals surface area contributed by atoms with E-state index in [1.807, 2.05) is 13.8 Å². The summed E-state index contributed by atoms with van der Waals surface area (Å²) >= 11 is 0. The van der Waals surface area contributed by atoms with Gasteiger partial charge in [0.2, 0.25) is 0 Å². The second-order valence-corrected chi connectivity index (χ2v) is 6.48. The molecule has 0 atom stereocenters. The Bertz CT molecular complexity index is 935. The second kappa shape index (κ2) is 8.60. The number of aromatic nitrogens is 2. The van der Waals surface area contributed by atoms with E-state index in [1.165, 1.54) is 0 Å². The van der Waals surface area contributed by atoms with Crippen molar-refractivity contribution in [3.05, 3.63) is 65.5 Å². The van der Waals surface area contributed by atoms with Gasteiger partial charge in [-0.3, -0.25) is 4.79 Å². The van der Waals surface area contributed by atoms with Crippen LogP contribution in [0, 0.1) is 11.6 Å². The third-order valence-electron chi connectivity index (χ3n) is 3.84. The molecule has 1 amide bonds. The number of carbonyl (C=O) groups excluding carboxylic acids is 1. The fourth-order valence-electron chi connectivity index (χ4n) is 2.39. The van der Waals surface area contributed by atoms with Gasteiger partial charge in [-0.05, 0) is 42.0 Å². The predicted molar refractivity (Wildman–Crippen MR) is 97.5 cm³/mol. The Morgan fingerprint density at radius 2 is 1.82 bits per heavy atom. The first-order valence-corrected chi connectivity index (χ1v) is 8.69. The van der Waals surface area contributed by atoms with Crippen molar-refractivity contribution in [3.8, 4) is 17.2 Å². The van der Waals surface area contributed by atoms with E-state index in [4.69, 9.17) is 9.26 Å². The lowest BCUT2D eigenvalue weighted by Crippen LogP contribution is -2.28. The maximum Gasteiger partial charge on any atom is 0.258 e. The highest BCUT2D eigenvalue weighted by Gasteiger charge is 2.12. The molecule has 0 aliphatic rings. The van der Waals surface area contributed by atoms with Gasteiger partial charge in [-0.15, -0.1) is 0 Å². The van der Waals surface area contributed by atoms with Crippen LogP contribution in [0.4, 0.5) is 8.78 Å². The zero-order chi connectivity index (χ0) is 20.1. The smallest absolute Gasteiger partial charge is 0.258 e. The van der Waals surface area contributed by atoms with E-state index >= 15 is 0 Å². The minimum atomic E-state index is -0.692. The van der Waals surface area contributed by atoms with Gasteiger partial charge in [0, 0.05) is 24.1 Å². The quantitative estimate of drug-likeness (QED) is 0.667. The van der Waals surface area contributed by atoms with Crippen LogP contribution in [0.5, 0.6) is 5.75 Å². The largest absolute Gasteiger partial charge is 0.484 e. The highest BCUT2D eigenvalue weighted by atomic mass is 19.1. The van der Waals surface area contributed by atoms with Crippen LogP contribution in [0.1, 0.15) is 31.2 Å². The summed E-state index contributed by atoms with van der Waals surface area (Å²) in [6.45, 7) is 3.73. The molecule has 2 aromatic carbocycles. The summed E-state index contributed by atoms with van der Waals surface area (Å²) in [7, 11) is 0. The minimum absolute atomic E-state index is 0.00512. The van der Waals surface area contributed by atoms with E-state index in [9.17, 15) is 13.6 Å². The maximum absolute atomic E-state index is 13.1. The number of benzene rings is 2. The van der Waals surface area contributed by atoms with Crippen molar-refractivity contribution in [1.82, 2.24) is 15.5 Å². The molecule has 1 N–H and O–H groups in total. The van der Waals surface area contributed by atoms with Crippen molar-refractivity contribution in [2.45, 2.75) is 26.3 Å². The SMILES string of the molecule is CC(C)c1noc(-c2ccc(OCC(=O)NCc3cc(F)cc(F)c3)cc2)n1. The Kier molecular flexibility index (Phi) is 5.98. The van der Waals surface area contributed by atoms with Crippen LogP contribution in [0.2, 0.25) is 0 Å². The van der Waals surface area contributed by atoms with Gasteiger partial charge in [-0.25, -0.2) is 8.78 Å². The summed E-state index contributed by atoms with van der Waals surface area (Å²) < 4.78 is 36.9. The molecular weight excluding hydrogens is 368 g/mol. The molecule has 3 rings (SSSR count). The molecule has 0 aliphatic carbocycles. The first-order valence-electron chi connectivity index (χ1n) is 8.69. The summed E-state index contributed by atoms with van der Waals surface area (Å²) in [6.07, 6.45) is 0. The average Bonchev–Trinajstić information content (AvgIpc) is 3.15. The number of nitrogens with one attached hydrogen (secondary N) is 1. The molecule has 0 spiro atoms. The fourth-order valence-corrected chi connectivity index (χ4v) is 2.39. The van der Waals surface area contributed by atoms with Crippen LogP contribution in [-0.2, 0) is 11.3 Å². The standard InChI is InChI=1S/C20H19F2N3O3/c1-12(2)19-24-20(28-25-19)14-3-5-17(6-4-14)27-11-18(26)23-10-13-7-15(21)9-16(22)8-13/h3-9,12H,10-11H2,1-2H3,(H,23,26). The highest BCUT2D eigenvalue weighted by molar-refractivity contribution is 5.77. The zero-order valence-corrected chi connectivity index (χ0v) is 15.4. The number of nitrogens with zero attached hydrogens (tertiary/aromatic N) is 2. The van der Waals surface area contributed by atoms with E-state index in [0.717, 1.165) is 23.8 Å². The normalized spacial score (nSPS) is 10.9. The number of ether oxygens (including phenoxy) is 1. The Morgan fingerprint density at radius 1 is 1.14 bits per heavy atom. The molecule has 28 heavy (non-hydrogen) atoms. The Labute approximate surface area is 160 Å².